The van der Waals surface area contributed by atoms with Crippen LogP contribution in [0.5, 0.6) is 0 Å². The van der Waals surface area contributed by atoms with E-state index in [1.165, 1.54) is 18.4 Å². The van der Waals surface area contributed by atoms with Gasteiger partial charge in [-0.1, -0.05) is 30.3 Å². The quantitative estimate of drug-likeness (QED) is 0.843. The van der Waals surface area contributed by atoms with Crippen molar-refractivity contribution in [3.8, 4) is 0 Å². The van der Waals surface area contributed by atoms with Crippen LogP contribution in [0.15, 0.2) is 30.3 Å². The molecule has 2 heterocycles. The van der Waals surface area contributed by atoms with Gasteiger partial charge in [0.1, 0.15) is 5.60 Å². The highest BCUT2D eigenvalue weighted by atomic mass is 16.5. The molecule has 4 heteroatoms. The highest BCUT2D eigenvalue weighted by molar-refractivity contribution is 5.89. The highest BCUT2D eigenvalue weighted by Crippen LogP contribution is 2.47. The molecule has 4 nitrogen and oxygen atoms in total. The lowest BCUT2D eigenvalue weighted by atomic mass is 9.89. The summed E-state index contributed by atoms with van der Waals surface area (Å²) in [6.45, 7) is 8.32. The summed E-state index contributed by atoms with van der Waals surface area (Å²) in [4.78, 5) is 17.2. The lowest BCUT2D eigenvalue weighted by Crippen LogP contribution is -2.58. The Hall–Kier alpha value is -1.39. The lowest BCUT2D eigenvalue weighted by molar-refractivity contribution is -0.177. The van der Waals surface area contributed by atoms with Crippen molar-refractivity contribution in [3.05, 3.63) is 35.9 Å². The zero-order valence-corrected chi connectivity index (χ0v) is 15.5. The SMILES string of the molecule is CC(C)N1C[C@@H](C2CCN(Cc3ccccc3)CC2)OC2(CC2)C1=O. The molecule has 1 amide bonds. The van der Waals surface area contributed by atoms with Crippen LogP contribution >= 0.6 is 0 Å². The fourth-order valence-corrected chi connectivity index (χ4v) is 4.38. The van der Waals surface area contributed by atoms with Gasteiger partial charge in [-0.2, -0.15) is 0 Å². The third-order valence-electron chi connectivity index (χ3n) is 6.14. The molecule has 1 saturated carbocycles. The summed E-state index contributed by atoms with van der Waals surface area (Å²) >= 11 is 0. The monoisotopic (exact) mass is 342 g/mol. The van der Waals surface area contributed by atoms with Gasteiger partial charge in [-0.25, -0.2) is 0 Å². The molecule has 25 heavy (non-hydrogen) atoms. The molecular weight excluding hydrogens is 312 g/mol. The summed E-state index contributed by atoms with van der Waals surface area (Å²) in [6.07, 6.45) is 4.40. The minimum absolute atomic E-state index is 0.224. The normalized spacial score (nSPS) is 27.2. The standard InChI is InChI=1S/C21H30N2O2/c1-16(2)23-15-19(25-21(10-11-21)20(23)24)18-8-12-22(13-9-18)14-17-6-4-3-5-7-17/h3-7,16,18-19H,8-15H2,1-2H3/t19-/m0/s1. The van der Waals surface area contributed by atoms with E-state index in [0.29, 0.717) is 5.92 Å². The summed E-state index contributed by atoms with van der Waals surface area (Å²) in [5.74, 6) is 0.819. The summed E-state index contributed by atoms with van der Waals surface area (Å²) < 4.78 is 6.36. The van der Waals surface area contributed by atoms with Gasteiger partial charge in [-0.05, 0) is 64.1 Å². The molecule has 2 aliphatic heterocycles. The molecule has 1 aromatic rings. The van der Waals surface area contributed by atoms with Crippen LogP contribution < -0.4 is 0 Å². The molecular formula is C21H30N2O2. The number of hydrogen-bond donors (Lipinski definition) is 0. The molecule has 3 fully saturated rings. The molecule has 1 spiro atoms. The average Bonchev–Trinajstić information content (AvgIpc) is 3.39. The second kappa shape index (κ2) is 6.73. The minimum atomic E-state index is -0.450. The Kier molecular flexibility index (Phi) is 4.59. The van der Waals surface area contributed by atoms with Crippen molar-refractivity contribution in [1.29, 1.82) is 0 Å². The van der Waals surface area contributed by atoms with E-state index in [9.17, 15) is 4.79 Å². The Labute approximate surface area is 151 Å². The number of amides is 1. The maximum Gasteiger partial charge on any atom is 0.255 e. The van der Waals surface area contributed by atoms with Crippen LogP contribution in [0.4, 0.5) is 0 Å². The van der Waals surface area contributed by atoms with Crippen LogP contribution in [-0.4, -0.2) is 53.1 Å². The Morgan fingerprint density at radius 2 is 1.84 bits per heavy atom. The number of hydrogen-bond acceptors (Lipinski definition) is 3. The van der Waals surface area contributed by atoms with Crippen molar-refractivity contribution in [1.82, 2.24) is 9.80 Å². The zero-order valence-electron chi connectivity index (χ0n) is 15.5. The van der Waals surface area contributed by atoms with Gasteiger partial charge < -0.3 is 9.64 Å². The fourth-order valence-electron chi connectivity index (χ4n) is 4.38. The van der Waals surface area contributed by atoms with Gasteiger partial charge in [-0.3, -0.25) is 9.69 Å². The Morgan fingerprint density at radius 1 is 1.16 bits per heavy atom. The summed E-state index contributed by atoms with van der Waals surface area (Å²) in [7, 11) is 0. The molecule has 1 atom stereocenters. The first-order chi connectivity index (χ1) is 12.1. The van der Waals surface area contributed by atoms with Crippen molar-refractivity contribution in [3.63, 3.8) is 0 Å². The number of piperidine rings is 1. The van der Waals surface area contributed by atoms with Gasteiger partial charge in [0, 0.05) is 19.1 Å². The molecule has 4 rings (SSSR count). The summed E-state index contributed by atoms with van der Waals surface area (Å²) in [5, 5.41) is 0. The van der Waals surface area contributed by atoms with Crippen LogP contribution in [0.3, 0.4) is 0 Å². The Balaban J connectivity index is 1.35. The van der Waals surface area contributed by atoms with Gasteiger partial charge in [0.05, 0.1) is 6.10 Å². The molecule has 0 bridgehead atoms. The van der Waals surface area contributed by atoms with Crippen LogP contribution in [0, 0.1) is 5.92 Å². The largest absolute Gasteiger partial charge is 0.360 e. The van der Waals surface area contributed by atoms with Crippen molar-refractivity contribution in [2.24, 2.45) is 5.92 Å². The number of morpholine rings is 1. The van der Waals surface area contributed by atoms with Crippen LogP contribution in [-0.2, 0) is 16.1 Å². The number of likely N-dealkylation sites (tertiary alicyclic amines) is 1. The second-order valence-corrected chi connectivity index (χ2v) is 8.30. The van der Waals surface area contributed by atoms with Crippen molar-refractivity contribution >= 4 is 5.91 Å². The maximum atomic E-state index is 12.6. The molecule has 0 N–H and O–H groups in total. The summed E-state index contributed by atoms with van der Waals surface area (Å²) in [6, 6.07) is 11.0. The first kappa shape index (κ1) is 17.0. The molecule has 0 unspecified atom stereocenters. The third-order valence-corrected chi connectivity index (χ3v) is 6.14. The third kappa shape index (κ3) is 3.47. The highest BCUT2D eigenvalue weighted by Gasteiger charge is 2.58. The van der Waals surface area contributed by atoms with Crippen LogP contribution in [0.2, 0.25) is 0 Å². The van der Waals surface area contributed by atoms with Gasteiger partial charge >= 0.3 is 0 Å². The van der Waals surface area contributed by atoms with Crippen molar-refractivity contribution < 1.29 is 9.53 Å². The molecule has 2 saturated heterocycles. The van der Waals surface area contributed by atoms with E-state index in [1.54, 1.807) is 0 Å². The van der Waals surface area contributed by atoms with E-state index < -0.39 is 5.60 Å². The number of carbonyl (C=O) groups excluding carboxylic acids is 1. The van der Waals surface area contributed by atoms with E-state index in [2.05, 4.69) is 54.0 Å². The number of rotatable bonds is 4. The number of ether oxygens (including phenoxy) is 1. The summed E-state index contributed by atoms with van der Waals surface area (Å²) in [5.41, 5.74) is 0.942. The van der Waals surface area contributed by atoms with Crippen LogP contribution in [0.1, 0.15) is 45.1 Å². The maximum absolute atomic E-state index is 12.6. The van der Waals surface area contributed by atoms with Crippen LogP contribution in [0.25, 0.3) is 0 Å². The lowest BCUT2D eigenvalue weighted by Gasteiger charge is -2.45. The van der Waals surface area contributed by atoms with Gasteiger partial charge in [-0.15, -0.1) is 0 Å². The topological polar surface area (TPSA) is 32.8 Å². The van der Waals surface area contributed by atoms with Gasteiger partial charge in [0.25, 0.3) is 5.91 Å². The fraction of sp³-hybridized carbons (Fsp3) is 0.667. The zero-order chi connectivity index (χ0) is 17.4. The molecule has 136 valence electrons. The predicted octanol–water partition coefficient (Wildman–Crippen LogP) is 3.07. The number of carbonyl (C=O) groups is 1. The van der Waals surface area contributed by atoms with E-state index in [1.807, 2.05) is 0 Å². The first-order valence-corrected chi connectivity index (χ1v) is 9.82. The predicted molar refractivity (Wildman–Crippen MR) is 98.1 cm³/mol. The minimum Gasteiger partial charge on any atom is -0.360 e. The Morgan fingerprint density at radius 3 is 2.44 bits per heavy atom. The molecule has 1 aromatic carbocycles. The van der Waals surface area contributed by atoms with Gasteiger partial charge in [0.15, 0.2) is 0 Å². The molecule has 0 aromatic heterocycles. The van der Waals surface area contributed by atoms with E-state index >= 15 is 0 Å². The average molecular weight is 342 g/mol. The second-order valence-electron chi connectivity index (χ2n) is 8.30. The van der Waals surface area contributed by atoms with E-state index in [-0.39, 0.29) is 18.1 Å². The van der Waals surface area contributed by atoms with Crippen molar-refractivity contribution in [2.75, 3.05) is 19.6 Å². The van der Waals surface area contributed by atoms with E-state index in [4.69, 9.17) is 4.74 Å². The van der Waals surface area contributed by atoms with Crippen molar-refractivity contribution in [2.45, 2.75) is 63.8 Å². The number of benzene rings is 1. The first-order valence-electron chi connectivity index (χ1n) is 9.82. The number of nitrogens with zero attached hydrogens (tertiary/aromatic N) is 2. The smallest absolute Gasteiger partial charge is 0.255 e. The van der Waals surface area contributed by atoms with E-state index in [0.717, 1.165) is 39.0 Å². The van der Waals surface area contributed by atoms with Gasteiger partial charge in [0.2, 0.25) is 0 Å². The molecule has 0 radical (unpaired) electrons. The molecule has 3 aliphatic rings. The Bertz CT molecular complexity index is 604. The molecule has 1 aliphatic carbocycles.